The number of aromatic nitrogens is 1. The third-order valence-corrected chi connectivity index (χ3v) is 3.77. The molecule has 0 aliphatic rings. The third kappa shape index (κ3) is 5.62. The zero-order valence-electron chi connectivity index (χ0n) is 15.1. The number of alkyl halides is 2. The number of oxazole rings is 1. The van der Waals surface area contributed by atoms with Crippen molar-refractivity contribution in [3.63, 3.8) is 0 Å². The quantitative estimate of drug-likeness (QED) is 0.330. The number of hydrogen-bond acceptors (Lipinski definition) is 6. The first-order valence-electron chi connectivity index (χ1n) is 8.08. The second kappa shape index (κ2) is 9.46. The van der Waals surface area contributed by atoms with Crippen molar-refractivity contribution in [2.75, 3.05) is 0 Å². The molecule has 2 aromatic rings. The summed E-state index contributed by atoms with van der Waals surface area (Å²) < 4.78 is 31.2. The summed E-state index contributed by atoms with van der Waals surface area (Å²) in [6.07, 6.45) is -0.460. The van der Waals surface area contributed by atoms with Gasteiger partial charge in [0.1, 0.15) is 11.6 Å². The molecule has 0 saturated carbocycles. The smallest absolute Gasteiger partial charge is 0.268 e. The zero-order chi connectivity index (χ0) is 21.4. The Morgan fingerprint density at radius 1 is 1.24 bits per heavy atom. The van der Waals surface area contributed by atoms with Crippen LogP contribution in [0.1, 0.15) is 28.6 Å². The normalized spacial score (nSPS) is 13.2. The highest BCUT2D eigenvalue weighted by Gasteiger charge is 2.44. The molecule has 1 aromatic carbocycles. The van der Waals surface area contributed by atoms with Gasteiger partial charge in [0.25, 0.3) is 18.2 Å². The van der Waals surface area contributed by atoms with E-state index in [0.717, 1.165) is 6.92 Å². The molecule has 1 aromatic heterocycles. The van der Waals surface area contributed by atoms with E-state index in [0.29, 0.717) is 11.3 Å². The number of rotatable bonds is 5. The molecule has 0 fully saturated rings. The van der Waals surface area contributed by atoms with Crippen molar-refractivity contribution in [1.82, 2.24) is 15.8 Å². The summed E-state index contributed by atoms with van der Waals surface area (Å²) >= 11 is 0. The van der Waals surface area contributed by atoms with Crippen molar-refractivity contribution in [2.24, 2.45) is 5.73 Å². The highest BCUT2D eigenvalue weighted by molar-refractivity contribution is 5.98. The number of hydroxylamine groups is 1. The molecule has 5 N–H and O–H groups in total. The maximum Gasteiger partial charge on any atom is 0.268 e. The molecule has 2 unspecified atom stereocenters. The lowest BCUT2D eigenvalue weighted by molar-refractivity contribution is -0.134. The Balaban J connectivity index is 2.10. The van der Waals surface area contributed by atoms with Gasteiger partial charge < -0.3 is 15.5 Å². The predicted octanol–water partition coefficient (Wildman–Crippen LogP) is 0.664. The first-order chi connectivity index (χ1) is 13.8. The minimum atomic E-state index is -3.14. The summed E-state index contributed by atoms with van der Waals surface area (Å²) in [6, 6.07) is 3.91. The Morgan fingerprint density at radius 3 is 2.45 bits per heavy atom. The third-order valence-electron chi connectivity index (χ3n) is 3.77. The van der Waals surface area contributed by atoms with E-state index in [1.807, 2.05) is 0 Å². The van der Waals surface area contributed by atoms with Crippen LogP contribution >= 0.6 is 0 Å². The monoisotopic (exact) mass is 402 g/mol. The Kier molecular flexibility index (Phi) is 7.04. The van der Waals surface area contributed by atoms with Crippen molar-refractivity contribution in [2.45, 2.75) is 24.9 Å². The Morgan fingerprint density at radius 2 is 1.90 bits per heavy atom. The van der Waals surface area contributed by atoms with E-state index in [-0.39, 0.29) is 5.56 Å². The molecule has 0 saturated heterocycles. The van der Waals surface area contributed by atoms with Gasteiger partial charge in [-0.15, -0.1) is 0 Å². The summed E-state index contributed by atoms with van der Waals surface area (Å²) in [4.78, 5) is 27.7. The van der Waals surface area contributed by atoms with E-state index < -0.39 is 29.8 Å². The van der Waals surface area contributed by atoms with Gasteiger partial charge in [0.15, 0.2) is 12.2 Å². The van der Waals surface area contributed by atoms with Gasteiger partial charge >= 0.3 is 0 Å². The molecule has 0 aliphatic carbocycles. The number of halogens is 2. The van der Waals surface area contributed by atoms with Crippen LogP contribution in [0.15, 0.2) is 41.3 Å². The minimum Gasteiger partial charge on any atom is -0.435 e. The number of carbonyl (C=O) groups excluding carboxylic acids is 2. The van der Waals surface area contributed by atoms with Gasteiger partial charge in [0, 0.05) is 11.1 Å². The van der Waals surface area contributed by atoms with Crippen LogP contribution in [-0.4, -0.2) is 40.0 Å². The van der Waals surface area contributed by atoms with E-state index in [9.17, 15) is 18.4 Å². The molecule has 0 radical (unpaired) electrons. The molecule has 1 heterocycles. The van der Waals surface area contributed by atoms with E-state index in [1.165, 1.54) is 42.3 Å². The number of nitrogens with two attached hydrogens (primary N) is 1. The maximum atomic E-state index is 13.1. The maximum absolute atomic E-state index is 13.1. The van der Waals surface area contributed by atoms with E-state index >= 15 is 0 Å². The largest absolute Gasteiger partial charge is 0.435 e. The number of nitrogens with one attached hydrogen (secondary N) is 2. The van der Waals surface area contributed by atoms with Gasteiger partial charge in [-0.2, -0.15) is 0 Å². The number of nitrogens with zero attached hydrogens (tertiary/aromatic N) is 1. The minimum absolute atomic E-state index is 0.0732. The van der Waals surface area contributed by atoms with Crippen LogP contribution in [0.2, 0.25) is 0 Å². The standard InChI is InChI=1S/C19H16F2N4O4/c1-19(22,18(20)21)15(17(27)25-28)24-16(26)13-8-6-12(7-9-13)4-2-3-5-14-10-23-11-29-14/h6-11,15,18,28H,22H2,1H3,(H,24,26)(H,25,27). The van der Waals surface area contributed by atoms with Gasteiger partial charge in [0.2, 0.25) is 0 Å². The van der Waals surface area contributed by atoms with Crippen LogP contribution < -0.4 is 16.5 Å². The molecule has 2 amide bonds. The van der Waals surface area contributed by atoms with Gasteiger partial charge in [0.05, 0.1) is 6.20 Å². The van der Waals surface area contributed by atoms with E-state index in [4.69, 9.17) is 15.4 Å². The van der Waals surface area contributed by atoms with Crippen LogP contribution in [0.3, 0.4) is 0 Å². The Hall–Kier alpha value is -3.73. The molecule has 8 nitrogen and oxygen atoms in total. The molecule has 150 valence electrons. The van der Waals surface area contributed by atoms with Crippen molar-refractivity contribution in [3.8, 4) is 23.7 Å². The number of amides is 2. The van der Waals surface area contributed by atoms with Crippen molar-refractivity contribution < 1.29 is 28.0 Å². The summed E-state index contributed by atoms with van der Waals surface area (Å²) in [5, 5.41) is 10.8. The summed E-state index contributed by atoms with van der Waals surface area (Å²) in [7, 11) is 0. The first-order valence-corrected chi connectivity index (χ1v) is 8.08. The zero-order valence-corrected chi connectivity index (χ0v) is 15.1. The van der Waals surface area contributed by atoms with Crippen LogP contribution in [0.5, 0.6) is 0 Å². The molecule has 0 spiro atoms. The van der Waals surface area contributed by atoms with Gasteiger partial charge in [-0.25, -0.2) is 19.2 Å². The second-order valence-corrected chi connectivity index (χ2v) is 5.99. The van der Waals surface area contributed by atoms with Gasteiger partial charge in [-0.3, -0.25) is 14.8 Å². The first kappa shape index (κ1) is 21.6. The van der Waals surface area contributed by atoms with Crippen molar-refractivity contribution >= 4 is 11.8 Å². The van der Waals surface area contributed by atoms with Gasteiger partial charge in [-0.1, -0.05) is 5.92 Å². The van der Waals surface area contributed by atoms with E-state index in [1.54, 1.807) is 0 Å². The lowest BCUT2D eigenvalue weighted by Crippen LogP contribution is -2.66. The number of carbonyl (C=O) groups is 2. The van der Waals surface area contributed by atoms with Crippen molar-refractivity contribution in [1.29, 1.82) is 0 Å². The molecule has 0 bridgehead atoms. The number of benzene rings is 1. The van der Waals surface area contributed by atoms with Crippen LogP contribution in [-0.2, 0) is 4.79 Å². The summed E-state index contributed by atoms with van der Waals surface area (Å²) in [6.45, 7) is 0.885. The summed E-state index contributed by atoms with van der Waals surface area (Å²) in [5.41, 5.74) is 4.88. The second-order valence-electron chi connectivity index (χ2n) is 5.99. The van der Waals surface area contributed by atoms with Crippen molar-refractivity contribution in [3.05, 3.63) is 53.7 Å². The Labute approximate surface area is 164 Å². The summed E-state index contributed by atoms with van der Waals surface area (Å²) in [5.74, 6) is 8.81. The fraction of sp³-hybridized carbons (Fsp3) is 0.211. The fourth-order valence-electron chi connectivity index (χ4n) is 2.09. The molecule has 10 heteroatoms. The van der Waals surface area contributed by atoms with Crippen LogP contribution in [0, 0.1) is 23.7 Å². The van der Waals surface area contributed by atoms with Gasteiger partial charge in [-0.05, 0) is 49.0 Å². The molecule has 29 heavy (non-hydrogen) atoms. The predicted molar refractivity (Wildman–Crippen MR) is 96.5 cm³/mol. The molecule has 0 aliphatic heterocycles. The van der Waals surface area contributed by atoms with Crippen LogP contribution in [0.4, 0.5) is 8.78 Å². The lowest BCUT2D eigenvalue weighted by atomic mass is 9.92. The highest BCUT2D eigenvalue weighted by atomic mass is 19.3. The topological polar surface area (TPSA) is 130 Å². The number of hydrogen-bond donors (Lipinski definition) is 4. The molecule has 2 atom stereocenters. The Bertz CT molecular complexity index is 981. The van der Waals surface area contributed by atoms with E-state index in [2.05, 4.69) is 34.0 Å². The molecular weight excluding hydrogens is 386 g/mol. The molecular formula is C19H16F2N4O4. The molecule has 2 rings (SSSR count). The average Bonchev–Trinajstić information content (AvgIpc) is 3.22. The average molecular weight is 402 g/mol. The van der Waals surface area contributed by atoms with Crippen LogP contribution in [0.25, 0.3) is 0 Å². The fourth-order valence-corrected chi connectivity index (χ4v) is 2.09. The SMILES string of the molecule is CC(N)(C(F)F)C(NC(=O)c1ccc(C#CC#Cc2cnco2)cc1)C(=O)NO. The highest BCUT2D eigenvalue weighted by Crippen LogP contribution is 2.18. The lowest BCUT2D eigenvalue weighted by Gasteiger charge is -2.32.